The number of thiophene rings is 1. The summed E-state index contributed by atoms with van der Waals surface area (Å²) in [4.78, 5) is 25.5. The van der Waals surface area contributed by atoms with Gasteiger partial charge in [-0.25, -0.2) is 4.79 Å². The second kappa shape index (κ2) is 7.49. The van der Waals surface area contributed by atoms with Gasteiger partial charge in [-0.15, -0.1) is 11.3 Å². The molecule has 6 heteroatoms. The number of nitriles is 1. The summed E-state index contributed by atoms with van der Waals surface area (Å²) < 4.78 is 5.09. The first-order chi connectivity index (χ1) is 12.1. The fourth-order valence-electron chi connectivity index (χ4n) is 2.95. The Balaban J connectivity index is 1.55. The molecule has 1 aliphatic carbocycles. The predicted molar refractivity (Wildman–Crippen MR) is 95.0 cm³/mol. The lowest BCUT2D eigenvalue weighted by molar-refractivity contribution is -0.125. The van der Waals surface area contributed by atoms with E-state index in [-0.39, 0.29) is 6.61 Å². The fourth-order valence-corrected chi connectivity index (χ4v) is 3.86. The van der Waals surface area contributed by atoms with E-state index in [1.54, 1.807) is 6.07 Å². The Morgan fingerprint density at radius 3 is 2.56 bits per heavy atom. The predicted octanol–water partition coefficient (Wildman–Crippen LogP) is 3.52. The van der Waals surface area contributed by atoms with E-state index in [2.05, 4.69) is 11.4 Å². The van der Waals surface area contributed by atoms with Gasteiger partial charge in [0, 0.05) is 4.88 Å². The summed E-state index contributed by atoms with van der Waals surface area (Å²) in [5.74, 6) is -0.962. The molecule has 0 bridgehead atoms. The van der Waals surface area contributed by atoms with Crippen molar-refractivity contribution in [3.63, 3.8) is 0 Å². The summed E-state index contributed by atoms with van der Waals surface area (Å²) in [5, 5.41) is 12.0. The molecule has 5 nitrogen and oxygen atoms in total. The lowest BCUT2D eigenvalue weighted by Gasteiger charge is -2.21. The van der Waals surface area contributed by atoms with Crippen molar-refractivity contribution in [3.05, 3.63) is 47.3 Å². The maximum atomic E-state index is 12.1. The second-order valence-corrected chi connectivity index (χ2v) is 7.14. The third-order valence-electron chi connectivity index (χ3n) is 4.25. The largest absolute Gasteiger partial charge is 0.451 e. The van der Waals surface area contributed by atoms with E-state index in [0.717, 1.165) is 23.3 Å². The fraction of sp³-hybridized carbons (Fsp3) is 0.316. The summed E-state index contributed by atoms with van der Waals surface area (Å²) in [7, 11) is 0. The molecule has 25 heavy (non-hydrogen) atoms. The monoisotopic (exact) mass is 354 g/mol. The maximum Gasteiger partial charge on any atom is 0.348 e. The van der Waals surface area contributed by atoms with Crippen LogP contribution in [0.3, 0.4) is 0 Å². The number of hydrogen-bond acceptors (Lipinski definition) is 5. The molecule has 1 aliphatic rings. The molecule has 0 aliphatic heterocycles. The molecule has 0 saturated heterocycles. The number of esters is 1. The Morgan fingerprint density at radius 1 is 1.16 bits per heavy atom. The van der Waals surface area contributed by atoms with Gasteiger partial charge in [0.1, 0.15) is 10.4 Å². The van der Waals surface area contributed by atoms with Crippen LogP contribution in [-0.4, -0.2) is 24.0 Å². The van der Waals surface area contributed by atoms with E-state index < -0.39 is 17.4 Å². The Hall–Kier alpha value is -2.65. The number of ether oxygens (including phenoxy) is 1. The third kappa shape index (κ3) is 4.06. The van der Waals surface area contributed by atoms with Gasteiger partial charge >= 0.3 is 5.97 Å². The third-order valence-corrected chi connectivity index (χ3v) is 5.36. The number of nitrogens with zero attached hydrogens (tertiary/aromatic N) is 1. The van der Waals surface area contributed by atoms with E-state index >= 15 is 0 Å². The highest BCUT2D eigenvalue weighted by Crippen LogP contribution is 2.29. The smallest absolute Gasteiger partial charge is 0.348 e. The van der Waals surface area contributed by atoms with Crippen molar-refractivity contribution < 1.29 is 14.3 Å². The standard InChI is InChI=1S/C19H18N2O3S/c20-13-19(10-4-5-11-19)21-17(22)12-24-18(23)16-9-8-15(25-16)14-6-2-1-3-7-14/h1-3,6-9H,4-5,10-12H2,(H,21,22). The molecular formula is C19H18N2O3S. The van der Waals surface area contributed by atoms with Gasteiger partial charge in [-0.3, -0.25) is 4.79 Å². The minimum absolute atomic E-state index is 0.374. The average Bonchev–Trinajstić information content (AvgIpc) is 3.31. The molecule has 1 aromatic heterocycles. The van der Waals surface area contributed by atoms with Crippen LogP contribution in [0.1, 0.15) is 35.4 Å². The molecular weight excluding hydrogens is 336 g/mol. The Labute approximate surface area is 150 Å². The molecule has 1 aromatic carbocycles. The molecule has 1 N–H and O–H groups in total. The van der Waals surface area contributed by atoms with Gasteiger partial charge in [-0.05, 0) is 43.4 Å². The Bertz CT molecular complexity index is 802. The van der Waals surface area contributed by atoms with E-state index in [9.17, 15) is 14.9 Å². The summed E-state index contributed by atoms with van der Waals surface area (Å²) in [5.41, 5.74) is 0.230. The first-order valence-corrected chi connectivity index (χ1v) is 8.98. The molecule has 1 amide bonds. The van der Waals surface area contributed by atoms with Crippen LogP contribution in [-0.2, 0) is 9.53 Å². The number of amides is 1. The lowest BCUT2D eigenvalue weighted by Crippen LogP contribution is -2.46. The summed E-state index contributed by atoms with van der Waals surface area (Å²) in [6.07, 6.45) is 3.14. The van der Waals surface area contributed by atoms with Gasteiger partial charge in [0.15, 0.2) is 6.61 Å². The number of benzene rings is 1. The molecule has 0 spiro atoms. The van der Waals surface area contributed by atoms with E-state index in [4.69, 9.17) is 4.74 Å². The van der Waals surface area contributed by atoms with Crippen molar-refractivity contribution in [3.8, 4) is 16.5 Å². The van der Waals surface area contributed by atoms with Crippen molar-refractivity contribution in [2.75, 3.05) is 6.61 Å². The van der Waals surface area contributed by atoms with E-state index in [1.165, 1.54) is 11.3 Å². The molecule has 1 fully saturated rings. The van der Waals surface area contributed by atoms with Crippen LogP contribution in [0, 0.1) is 11.3 Å². The first kappa shape index (κ1) is 17.2. The zero-order chi connectivity index (χ0) is 17.7. The van der Waals surface area contributed by atoms with Crippen molar-refractivity contribution in [2.24, 2.45) is 0 Å². The quantitative estimate of drug-likeness (QED) is 0.833. The van der Waals surface area contributed by atoms with Crippen molar-refractivity contribution in [1.29, 1.82) is 5.26 Å². The molecule has 1 saturated carbocycles. The normalized spacial score (nSPS) is 15.3. The molecule has 3 rings (SSSR count). The molecule has 128 valence electrons. The Kier molecular flexibility index (Phi) is 5.15. The summed E-state index contributed by atoms with van der Waals surface area (Å²) >= 11 is 1.32. The molecule has 0 atom stereocenters. The average molecular weight is 354 g/mol. The van der Waals surface area contributed by atoms with Crippen LogP contribution < -0.4 is 5.32 Å². The topological polar surface area (TPSA) is 79.2 Å². The SMILES string of the molecule is N#CC1(NC(=O)COC(=O)c2ccc(-c3ccccc3)s2)CCCC1. The molecule has 0 unspecified atom stereocenters. The molecule has 1 heterocycles. The van der Waals surface area contributed by atoms with E-state index in [1.807, 2.05) is 36.4 Å². The molecule has 2 aromatic rings. The first-order valence-electron chi connectivity index (χ1n) is 8.16. The van der Waals surface area contributed by atoms with Crippen molar-refractivity contribution in [2.45, 2.75) is 31.2 Å². The second-order valence-electron chi connectivity index (χ2n) is 6.06. The minimum atomic E-state index is -0.799. The Morgan fingerprint density at radius 2 is 1.88 bits per heavy atom. The highest BCUT2D eigenvalue weighted by atomic mass is 32.1. The van der Waals surface area contributed by atoms with Crippen LogP contribution in [0.5, 0.6) is 0 Å². The van der Waals surface area contributed by atoms with Crippen LogP contribution in [0.2, 0.25) is 0 Å². The zero-order valence-corrected chi connectivity index (χ0v) is 14.5. The molecule has 0 radical (unpaired) electrons. The maximum absolute atomic E-state index is 12.1. The van der Waals surface area contributed by atoms with Gasteiger partial charge in [0.05, 0.1) is 6.07 Å². The van der Waals surface area contributed by atoms with Crippen LogP contribution in [0.15, 0.2) is 42.5 Å². The van der Waals surface area contributed by atoms with Crippen LogP contribution in [0.4, 0.5) is 0 Å². The van der Waals surface area contributed by atoms with Crippen LogP contribution in [0.25, 0.3) is 10.4 Å². The van der Waals surface area contributed by atoms with Crippen LogP contribution >= 0.6 is 11.3 Å². The van der Waals surface area contributed by atoms with E-state index in [0.29, 0.717) is 17.7 Å². The highest BCUT2D eigenvalue weighted by Gasteiger charge is 2.35. The minimum Gasteiger partial charge on any atom is -0.451 e. The van der Waals surface area contributed by atoms with Crippen molar-refractivity contribution >= 4 is 23.2 Å². The summed E-state index contributed by atoms with van der Waals surface area (Å²) in [6.45, 7) is -0.374. The number of carbonyl (C=O) groups is 2. The zero-order valence-electron chi connectivity index (χ0n) is 13.7. The van der Waals surface area contributed by atoms with Gasteiger partial charge < -0.3 is 10.1 Å². The summed E-state index contributed by atoms with van der Waals surface area (Å²) in [6, 6.07) is 15.5. The number of hydrogen-bond donors (Lipinski definition) is 1. The highest BCUT2D eigenvalue weighted by molar-refractivity contribution is 7.17. The number of carbonyl (C=O) groups excluding carboxylic acids is 2. The van der Waals surface area contributed by atoms with Gasteiger partial charge in [-0.2, -0.15) is 5.26 Å². The van der Waals surface area contributed by atoms with Gasteiger partial charge in [-0.1, -0.05) is 30.3 Å². The number of nitrogens with one attached hydrogen (secondary N) is 1. The van der Waals surface area contributed by atoms with Gasteiger partial charge in [0.25, 0.3) is 5.91 Å². The number of rotatable bonds is 5. The van der Waals surface area contributed by atoms with Gasteiger partial charge in [0.2, 0.25) is 0 Å². The lowest BCUT2D eigenvalue weighted by atomic mass is 10.00. The van der Waals surface area contributed by atoms with Crippen molar-refractivity contribution in [1.82, 2.24) is 5.32 Å².